The molecular formula is C23H26F3NO2. The van der Waals surface area contributed by atoms with Gasteiger partial charge in [-0.1, -0.05) is 49.7 Å². The number of aryl methyl sites for hydroxylation is 2. The number of aromatic nitrogens is 1. The second-order valence-corrected chi connectivity index (χ2v) is 8.57. The quantitative estimate of drug-likeness (QED) is 0.578. The number of alkyl halides is 3. The third kappa shape index (κ3) is 3.99. The molecule has 1 atom stereocenters. The summed E-state index contributed by atoms with van der Waals surface area (Å²) in [6.07, 6.45) is -3.88. The van der Waals surface area contributed by atoms with Gasteiger partial charge in [0.05, 0.1) is 6.54 Å². The van der Waals surface area contributed by atoms with Crippen molar-refractivity contribution in [2.75, 3.05) is 0 Å². The molecule has 0 amide bonds. The monoisotopic (exact) mass is 405 g/mol. The lowest BCUT2D eigenvalue weighted by Gasteiger charge is -2.38. The summed E-state index contributed by atoms with van der Waals surface area (Å²) >= 11 is 0. The molecule has 29 heavy (non-hydrogen) atoms. The van der Waals surface area contributed by atoms with E-state index >= 15 is 0 Å². The Morgan fingerprint density at radius 1 is 1.00 bits per heavy atom. The fraction of sp³-hybridized carbons (Fsp3) is 0.391. The highest BCUT2D eigenvalue weighted by atomic mass is 19.4. The molecule has 1 aromatic heterocycles. The van der Waals surface area contributed by atoms with Crippen molar-refractivity contribution in [3.05, 3.63) is 65.4 Å². The van der Waals surface area contributed by atoms with E-state index in [1.807, 2.05) is 19.1 Å². The Morgan fingerprint density at radius 2 is 1.66 bits per heavy atom. The molecule has 156 valence electrons. The zero-order valence-electron chi connectivity index (χ0n) is 17.0. The van der Waals surface area contributed by atoms with Gasteiger partial charge in [0.1, 0.15) is 5.75 Å². The topological polar surface area (TPSA) is 45.4 Å². The molecule has 1 heterocycles. The molecule has 3 nitrogen and oxygen atoms in total. The van der Waals surface area contributed by atoms with E-state index in [9.17, 15) is 23.4 Å². The van der Waals surface area contributed by atoms with E-state index in [0.29, 0.717) is 16.6 Å². The second-order valence-electron chi connectivity index (χ2n) is 8.57. The van der Waals surface area contributed by atoms with Gasteiger partial charge in [0.25, 0.3) is 0 Å². The number of benzene rings is 2. The first kappa shape index (κ1) is 21.2. The third-order valence-electron chi connectivity index (χ3n) is 5.55. The number of phenols is 1. The molecule has 3 rings (SSSR count). The van der Waals surface area contributed by atoms with Crippen molar-refractivity contribution >= 4 is 10.9 Å². The molecular weight excluding hydrogens is 379 g/mol. The van der Waals surface area contributed by atoms with Crippen molar-refractivity contribution in [2.24, 2.45) is 0 Å². The fourth-order valence-corrected chi connectivity index (χ4v) is 4.11. The first-order valence-electron chi connectivity index (χ1n) is 9.48. The summed E-state index contributed by atoms with van der Waals surface area (Å²) in [7, 11) is 0. The maximum atomic E-state index is 14.1. The van der Waals surface area contributed by atoms with Crippen LogP contribution in [0.2, 0.25) is 0 Å². The maximum Gasteiger partial charge on any atom is 0.418 e. The summed E-state index contributed by atoms with van der Waals surface area (Å²) in [6, 6.07) is 12.3. The van der Waals surface area contributed by atoms with E-state index in [0.717, 1.165) is 10.9 Å². The lowest BCUT2D eigenvalue weighted by Crippen LogP contribution is -2.52. The Balaban J connectivity index is 2.03. The standard InChI is InChI=1S/C23H26F3NO2/c1-15-11-16(2)20(28)18(12-15)21(3,4)13-22(29,23(24,25)26)14-27-10-9-17-7-5-6-8-19(17)27/h5-12,28-29H,13-14H2,1-4H3. The van der Waals surface area contributed by atoms with E-state index in [1.54, 1.807) is 57.3 Å². The number of nitrogens with zero attached hydrogens (tertiary/aromatic N) is 1. The van der Waals surface area contributed by atoms with Crippen molar-refractivity contribution in [1.82, 2.24) is 4.57 Å². The predicted octanol–water partition coefficient (Wildman–Crippen LogP) is 5.63. The van der Waals surface area contributed by atoms with E-state index in [4.69, 9.17) is 0 Å². The minimum absolute atomic E-state index is 0.0310. The summed E-state index contributed by atoms with van der Waals surface area (Å²) in [5.41, 5.74) is -1.62. The van der Waals surface area contributed by atoms with Crippen LogP contribution in [-0.2, 0) is 12.0 Å². The Labute approximate surface area is 168 Å². The summed E-state index contributed by atoms with van der Waals surface area (Å²) in [6.45, 7) is 6.15. The molecule has 2 N–H and O–H groups in total. The molecule has 0 spiro atoms. The SMILES string of the molecule is Cc1cc(C)c(O)c(C(C)(C)CC(O)(Cn2ccc3ccccc32)C(F)(F)F)c1. The summed E-state index contributed by atoms with van der Waals surface area (Å²) in [5, 5.41) is 22.2. The molecule has 3 aromatic rings. The highest BCUT2D eigenvalue weighted by molar-refractivity contribution is 5.79. The Morgan fingerprint density at radius 3 is 2.31 bits per heavy atom. The number of aromatic hydroxyl groups is 1. The molecule has 0 radical (unpaired) electrons. The summed E-state index contributed by atoms with van der Waals surface area (Å²) < 4.78 is 43.7. The van der Waals surface area contributed by atoms with Gasteiger partial charge in [-0.3, -0.25) is 0 Å². The number of para-hydroxylation sites is 1. The molecule has 0 bridgehead atoms. The van der Waals surface area contributed by atoms with Gasteiger partial charge in [-0.15, -0.1) is 0 Å². The zero-order chi connectivity index (χ0) is 21.6. The number of fused-ring (bicyclic) bond motifs is 1. The molecule has 0 aliphatic rings. The fourth-order valence-electron chi connectivity index (χ4n) is 4.11. The van der Waals surface area contributed by atoms with Crippen molar-refractivity contribution in [3.8, 4) is 5.75 Å². The van der Waals surface area contributed by atoms with Crippen LogP contribution in [0.15, 0.2) is 48.7 Å². The van der Waals surface area contributed by atoms with Crippen LogP contribution in [0, 0.1) is 13.8 Å². The number of halogens is 3. The second kappa shape index (κ2) is 7.10. The molecule has 0 aliphatic heterocycles. The van der Waals surface area contributed by atoms with Gasteiger partial charge < -0.3 is 14.8 Å². The Hall–Kier alpha value is -2.47. The number of hydrogen-bond acceptors (Lipinski definition) is 2. The molecule has 1 unspecified atom stereocenters. The van der Waals surface area contributed by atoms with Crippen LogP contribution in [0.1, 0.15) is 37.0 Å². The highest BCUT2D eigenvalue weighted by Gasteiger charge is 2.56. The average molecular weight is 405 g/mol. The van der Waals surface area contributed by atoms with Crippen LogP contribution in [0.5, 0.6) is 5.75 Å². The van der Waals surface area contributed by atoms with Gasteiger partial charge in [0.15, 0.2) is 5.60 Å². The minimum Gasteiger partial charge on any atom is -0.507 e. The Kier molecular flexibility index (Phi) is 5.20. The lowest BCUT2D eigenvalue weighted by atomic mass is 9.73. The molecule has 0 saturated heterocycles. The van der Waals surface area contributed by atoms with Gasteiger partial charge in [-0.05, 0) is 48.8 Å². The molecule has 6 heteroatoms. The number of hydrogen-bond donors (Lipinski definition) is 2. The van der Waals surface area contributed by atoms with Crippen LogP contribution >= 0.6 is 0 Å². The van der Waals surface area contributed by atoms with Gasteiger partial charge in [0, 0.05) is 17.3 Å². The van der Waals surface area contributed by atoms with E-state index in [-0.39, 0.29) is 5.75 Å². The minimum atomic E-state index is -4.84. The summed E-state index contributed by atoms with van der Waals surface area (Å²) in [5.74, 6) is -0.0310. The smallest absolute Gasteiger partial charge is 0.418 e. The predicted molar refractivity (Wildman–Crippen MR) is 108 cm³/mol. The normalized spacial score (nSPS) is 14.9. The first-order valence-corrected chi connectivity index (χ1v) is 9.48. The number of aliphatic hydroxyl groups is 1. The van der Waals surface area contributed by atoms with Gasteiger partial charge >= 0.3 is 6.18 Å². The van der Waals surface area contributed by atoms with Crippen LogP contribution in [0.4, 0.5) is 13.2 Å². The number of rotatable bonds is 5. The van der Waals surface area contributed by atoms with Gasteiger partial charge in [0.2, 0.25) is 0 Å². The molecule has 0 saturated carbocycles. The highest BCUT2D eigenvalue weighted by Crippen LogP contribution is 2.45. The zero-order valence-corrected chi connectivity index (χ0v) is 17.0. The third-order valence-corrected chi connectivity index (χ3v) is 5.55. The molecule has 0 fully saturated rings. The van der Waals surface area contributed by atoms with Crippen molar-refractivity contribution in [2.45, 2.75) is 57.9 Å². The van der Waals surface area contributed by atoms with Crippen molar-refractivity contribution in [1.29, 1.82) is 0 Å². The lowest BCUT2D eigenvalue weighted by molar-refractivity contribution is -0.271. The van der Waals surface area contributed by atoms with E-state index in [1.165, 1.54) is 4.57 Å². The van der Waals surface area contributed by atoms with E-state index in [2.05, 4.69) is 0 Å². The molecule has 2 aromatic carbocycles. The summed E-state index contributed by atoms with van der Waals surface area (Å²) in [4.78, 5) is 0. The van der Waals surface area contributed by atoms with Gasteiger partial charge in [-0.25, -0.2) is 0 Å². The van der Waals surface area contributed by atoms with Crippen LogP contribution < -0.4 is 0 Å². The average Bonchev–Trinajstić information content (AvgIpc) is 2.99. The van der Waals surface area contributed by atoms with Crippen LogP contribution in [-0.4, -0.2) is 26.6 Å². The van der Waals surface area contributed by atoms with Crippen LogP contribution in [0.25, 0.3) is 10.9 Å². The van der Waals surface area contributed by atoms with Crippen LogP contribution in [0.3, 0.4) is 0 Å². The van der Waals surface area contributed by atoms with Crippen molar-refractivity contribution in [3.63, 3.8) is 0 Å². The molecule has 0 aliphatic carbocycles. The number of phenolic OH excluding ortho intramolecular Hbond substituents is 1. The van der Waals surface area contributed by atoms with E-state index < -0.39 is 30.2 Å². The van der Waals surface area contributed by atoms with Crippen molar-refractivity contribution < 1.29 is 23.4 Å². The Bertz CT molecular complexity index is 1040. The largest absolute Gasteiger partial charge is 0.507 e. The first-order chi connectivity index (χ1) is 13.3. The maximum absolute atomic E-state index is 14.1. The van der Waals surface area contributed by atoms with Gasteiger partial charge in [-0.2, -0.15) is 13.2 Å².